The van der Waals surface area contributed by atoms with Crippen molar-refractivity contribution in [2.45, 2.75) is 45.5 Å². The SMILES string of the molecule is C[C@H]1CCCCN(Cc2cc3c(c(C(F)(F)F)c2)CN(c2cc(-c4ccc(C#N)cc4-c4nncn4C)cc(-c4ccncc4)n2)C3=O)C1. The summed E-state index contributed by atoms with van der Waals surface area (Å²) in [4.78, 5) is 26.6. The highest BCUT2D eigenvalue weighted by atomic mass is 19.4. The lowest BCUT2D eigenvalue weighted by atomic mass is 9.96. The molecule has 49 heavy (non-hydrogen) atoms. The van der Waals surface area contributed by atoms with Crippen LogP contribution in [0.1, 0.15) is 58.8 Å². The quantitative estimate of drug-likeness (QED) is 0.188. The third-order valence-electron chi connectivity index (χ3n) is 9.28. The molecule has 1 atom stereocenters. The Hall–Kier alpha value is -5.41. The van der Waals surface area contributed by atoms with E-state index >= 15 is 0 Å². The molecule has 0 unspecified atom stereocenters. The van der Waals surface area contributed by atoms with E-state index in [1.807, 2.05) is 6.07 Å². The van der Waals surface area contributed by atoms with Gasteiger partial charge in [-0.3, -0.25) is 19.6 Å². The number of nitriles is 1. The molecule has 0 bridgehead atoms. The van der Waals surface area contributed by atoms with Crippen molar-refractivity contribution < 1.29 is 18.0 Å². The molecule has 7 rings (SSSR count). The Morgan fingerprint density at radius 1 is 0.980 bits per heavy atom. The van der Waals surface area contributed by atoms with Crippen molar-refractivity contribution in [2.75, 3.05) is 18.0 Å². The number of fused-ring (bicyclic) bond motifs is 1. The van der Waals surface area contributed by atoms with Crippen molar-refractivity contribution in [1.29, 1.82) is 5.26 Å². The van der Waals surface area contributed by atoms with Crippen molar-refractivity contribution in [3.05, 3.63) is 101 Å². The number of carbonyl (C=O) groups excluding carboxylic acids is 1. The molecular weight excluding hydrogens is 629 g/mol. The van der Waals surface area contributed by atoms with Gasteiger partial charge in [-0.25, -0.2) is 4.98 Å². The number of halogens is 3. The molecule has 1 amide bonds. The van der Waals surface area contributed by atoms with Crippen molar-refractivity contribution in [1.82, 2.24) is 29.6 Å². The van der Waals surface area contributed by atoms with Gasteiger partial charge in [0.1, 0.15) is 12.1 Å². The highest BCUT2D eigenvalue weighted by Crippen LogP contribution is 2.41. The Bertz CT molecular complexity index is 2090. The number of rotatable bonds is 6. The molecule has 5 aromatic rings. The minimum Gasteiger partial charge on any atom is -0.317 e. The van der Waals surface area contributed by atoms with Crippen LogP contribution in [0, 0.1) is 17.2 Å². The third kappa shape index (κ3) is 6.41. The first kappa shape index (κ1) is 32.2. The maximum Gasteiger partial charge on any atom is 0.416 e. The number of likely N-dealkylation sites (tertiary alicyclic amines) is 1. The van der Waals surface area contributed by atoms with E-state index in [9.17, 15) is 23.2 Å². The van der Waals surface area contributed by atoms with Gasteiger partial charge in [-0.15, -0.1) is 10.2 Å². The molecular formula is C37H33F3N8O. The molecule has 9 nitrogen and oxygen atoms in total. The summed E-state index contributed by atoms with van der Waals surface area (Å²) in [6.45, 7) is 3.85. The highest BCUT2D eigenvalue weighted by molar-refractivity contribution is 6.10. The second-order valence-electron chi connectivity index (χ2n) is 12.9. The number of pyridine rings is 2. The van der Waals surface area contributed by atoms with Crippen LogP contribution in [0.25, 0.3) is 33.8 Å². The van der Waals surface area contributed by atoms with E-state index in [2.05, 4.69) is 33.1 Å². The van der Waals surface area contributed by atoms with Gasteiger partial charge in [-0.2, -0.15) is 18.4 Å². The van der Waals surface area contributed by atoms with Gasteiger partial charge in [0.05, 0.1) is 29.4 Å². The molecule has 1 fully saturated rings. The van der Waals surface area contributed by atoms with E-state index in [1.54, 1.807) is 72.8 Å². The zero-order valence-corrected chi connectivity index (χ0v) is 27.1. The third-order valence-corrected chi connectivity index (χ3v) is 9.28. The fraction of sp³-hybridized carbons (Fsp3) is 0.297. The van der Waals surface area contributed by atoms with Crippen LogP contribution in [0.15, 0.2) is 73.3 Å². The molecule has 0 aliphatic carbocycles. The summed E-state index contributed by atoms with van der Waals surface area (Å²) in [5.74, 6) is 0.635. The first-order valence-corrected chi connectivity index (χ1v) is 16.2. The first-order chi connectivity index (χ1) is 23.6. The van der Waals surface area contributed by atoms with Gasteiger partial charge in [0.2, 0.25) is 0 Å². The smallest absolute Gasteiger partial charge is 0.317 e. The van der Waals surface area contributed by atoms with Crippen LogP contribution < -0.4 is 4.90 Å². The maximum absolute atomic E-state index is 14.6. The van der Waals surface area contributed by atoms with Gasteiger partial charge in [-0.05, 0) is 96.1 Å². The Kier molecular flexibility index (Phi) is 8.46. The number of anilines is 1. The fourth-order valence-corrected chi connectivity index (χ4v) is 6.91. The first-order valence-electron chi connectivity index (χ1n) is 16.2. The number of amides is 1. The largest absolute Gasteiger partial charge is 0.416 e. The minimum atomic E-state index is -4.65. The minimum absolute atomic E-state index is 0.0449. The van der Waals surface area contributed by atoms with Crippen molar-refractivity contribution in [2.24, 2.45) is 13.0 Å². The molecule has 2 aliphatic rings. The lowest BCUT2D eigenvalue weighted by molar-refractivity contribution is -0.138. The molecule has 3 aromatic heterocycles. The number of hydrogen-bond donors (Lipinski definition) is 0. The van der Waals surface area contributed by atoms with Crippen molar-refractivity contribution in [3.63, 3.8) is 0 Å². The van der Waals surface area contributed by atoms with E-state index in [0.717, 1.165) is 32.4 Å². The zero-order valence-electron chi connectivity index (χ0n) is 27.1. The Morgan fingerprint density at radius 3 is 2.53 bits per heavy atom. The number of aromatic nitrogens is 5. The summed E-state index contributed by atoms with van der Waals surface area (Å²) in [5.41, 5.74) is 3.24. The average molecular weight is 663 g/mol. The molecule has 0 saturated carbocycles. The summed E-state index contributed by atoms with van der Waals surface area (Å²) >= 11 is 0. The molecule has 5 heterocycles. The molecule has 0 spiro atoms. The number of alkyl halides is 3. The standard InChI is InChI=1S/C37H33F3N8O/c1-23-5-3-4-12-47(19-23)20-25-14-30-31(32(15-25)37(38,39)40)21-48(36(30)49)34-17-27(16-33(44-34)26-8-10-42-11-9-26)28-7-6-24(18-41)13-29(28)35-45-43-22-46(35)2/h6-11,13-17,22-23H,3-5,12,19-21H2,1-2H3/t23-/m0/s1. The number of nitrogens with zero attached hydrogens (tertiary/aromatic N) is 8. The van der Waals surface area contributed by atoms with Gasteiger partial charge >= 0.3 is 6.18 Å². The van der Waals surface area contributed by atoms with Crippen LogP contribution in [0.5, 0.6) is 0 Å². The summed E-state index contributed by atoms with van der Waals surface area (Å²) < 4.78 is 45.6. The van der Waals surface area contributed by atoms with E-state index in [1.165, 1.54) is 11.0 Å². The molecule has 1 saturated heterocycles. The Morgan fingerprint density at radius 2 is 1.80 bits per heavy atom. The van der Waals surface area contributed by atoms with Crippen LogP contribution in [-0.4, -0.2) is 48.6 Å². The molecule has 0 radical (unpaired) electrons. The zero-order chi connectivity index (χ0) is 34.3. The number of aryl methyl sites for hydroxylation is 1. The monoisotopic (exact) mass is 662 g/mol. The number of carbonyl (C=O) groups is 1. The number of benzene rings is 2. The van der Waals surface area contributed by atoms with Gasteiger partial charge in [0.25, 0.3) is 5.91 Å². The average Bonchev–Trinajstić information content (AvgIpc) is 3.60. The fourth-order valence-electron chi connectivity index (χ4n) is 6.91. The van der Waals surface area contributed by atoms with Crippen LogP contribution in [0.2, 0.25) is 0 Å². The lowest BCUT2D eigenvalue weighted by Crippen LogP contribution is -2.27. The summed E-state index contributed by atoms with van der Waals surface area (Å²) in [6, 6.07) is 17.3. The van der Waals surface area contributed by atoms with Crippen LogP contribution in [0.4, 0.5) is 19.0 Å². The van der Waals surface area contributed by atoms with Crippen molar-refractivity contribution in [3.8, 4) is 39.8 Å². The van der Waals surface area contributed by atoms with Gasteiger partial charge in [0.15, 0.2) is 5.82 Å². The predicted molar refractivity (Wildman–Crippen MR) is 178 cm³/mol. The lowest BCUT2D eigenvalue weighted by Gasteiger charge is -2.23. The summed E-state index contributed by atoms with van der Waals surface area (Å²) in [5, 5.41) is 17.9. The second-order valence-corrected chi connectivity index (χ2v) is 12.9. The van der Waals surface area contributed by atoms with Crippen LogP contribution >= 0.6 is 0 Å². The van der Waals surface area contributed by atoms with Crippen LogP contribution in [-0.2, 0) is 26.3 Å². The summed E-state index contributed by atoms with van der Waals surface area (Å²) in [7, 11) is 1.79. The number of hydrogen-bond acceptors (Lipinski definition) is 7. The topological polar surface area (TPSA) is 104 Å². The highest BCUT2D eigenvalue weighted by Gasteiger charge is 2.41. The summed E-state index contributed by atoms with van der Waals surface area (Å²) in [6.07, 6.45) is 3.33. The van der Waals surface area contributed by atoms with E-state index in [4.69, 9.17) is 4.98 Å². The molecule has 248 valence electrons. The van der Waals surface area contributed by atoms with Crippen LogP contribution in [0.3, 0.4) is 0 Å². The van der Waals surface area contributed by atoms with Gasteiger partial charge in [0, 0.05) is 49.2 Å². The Balaban J connectivity index is 1.34. The molecule has 0 N–H and O–H groups in total. The van der Waals surface area contributed by atoms with Gasteiger partial charge in [-0.1, -0.05) is 19.4 Å². The molecule has 2 aliphatic heterocycles. The maximum atomic E-state index is 14.6. The van der Waals surface area contributed by atoms with E-state index < -0.39 is 17.6 Å². The predicted octanol–water partition coefficient (Wildman–Crippen LogP) is 7.28. The van der Waals surface area contributed by atoms with E-state index in [0.29, 0.717) is 57.4 Å². The van der Waals surface area contributed by atoms with E-state index in [-0.39, 0.29) is 23.5 Å². The Labute approximate surface area is 281 Å². The van der Waals surface area contributed by atoms with Gasteiger partial charge < -0.3 is 4.57 Å². The normalized spacial score (nSPS) is 16.8. The van der Waals surface area contributed by atoms with Crippen molar-refractivity contribution >= 4 is 11.7 Å². The molecule has 12 heteroatoms. The second kappa shape index (κ2) is 12.9. The molecule has 2 aromatic carbocycles.